The summed E-state index contributed by atoms with van der Waals surface area (Å²) in [6.45, 7) is 6.62. The number of amides is 1. The van der Waals surface area contributed by atoms with E-state index in [9.17, 15) is 4.79 Å². The first-order valence-corrected chi connectivity index (χ1v) is 12.6. The lowest BCUT2D eigenvalue weighted by Crippen LogP contribution is -2.51. The number of rotatable bonds is 4. The van der Waals surface area contributed by atoms with Crippen LogP contribution in [0.1, 0.15) is 31.5 Å². The van der Waals surface area contributed by atoms with E-state index >= 15 is 0 Å². The van der Waals surface area contributed by atoms with E-state index in [0.717, 1.165) is 92.8 Å². The van der Waals surface area contributed by atoms with E-state index in [2.05, 4.69) is 9.47 Å². The standard InChI is InChI=1S/C25H29ClN6O2.ClH/c1-16-27-24(30-10-11-31-18(15-30)6-7-21(31)33)22-25(28-16)32(14-17-8-12-34-13-9-17)23(29-22)19-4-2-3-5-20(19)26;/h2-5,17-18H,6-15H2,1H3;1H. The maximum absolute atomic E-state index is 12.2. The highest BCUT2D eigenvalue weighted by Crippen LogP contribution is 2.35. The number of benzene rings is 1. The van der Waals surface area contributed by atoms with Crippen LogP contribution in [0, 0.1) is 12.8 Å². The summed E-state index contributed by atoms with van der Waals surface area (Å²) in [5.41, 5.74) is 2.57. The molecule has 8 nitrogen and oxygen atoms in total. The Hall–Kier alpha value is -2.42. The van der Waals surface area contributed by atoms with Crippen LogP contribution >= 0.6 is 24.0 Å². The van der Waals surface area contributed by atoms with Gasteiger partial charge in [0, 0.05) is 57.4 Å². The zero-order valence-corrected chi connectivity index (χ0v) is 21.4. The van der Waals surface area contributed by atoms with Crippen molar-refractivity contribution in [2.24, 2.45) is 5.92 Å². The second-order valence-electron chi connectivity index (χ2n) is 9.57. The van der Waals surface area contributed by atoms with E-state index in [1.54, 1.807) is 0 Å². The fourth-order valence-corrected chi connectivity index (χ4v) is 5.80. The van der Waals surface area contributed by atoms with Gasteiger partial charge in [-0.1, -0.05) is 23.7 Å². The van der Waals surface area contributed by atoms with E-state index in [1.165, 1.54) is 0 Å². The highest BCUT2D eigenvalue weighted by Gasteiger charge is 2.37. The van der Waals surface area contributed by atoms with Crippen LogP contribution in [0.4, 0.5) is 5.82 Å². The van der Waals surface area contributed by atoms with Crippen molar-refractivity contribution in [3.63, 3.8) is 0 Å². The Morgan fingerprint density at radius 1 is 1.09 bits per heavy atom. The van der Waals surface area contributed by atoms with Crippen LogP contribution in [0.3, 0.4) is 0 Å². The molecule has 0 aliphatic carbocycles. The molecule has 1 unspecified atom stereocenters. The number of aromatic nitrogens is 4. The summed E-state index contributed by atoms with van der Waals surface area (Å²) < 4.78 is 7.83. The van der Waals surface area contributed by atoms with Gasteiger partial charge in [0.2, 0.25) is 5.91 Å². The number of ether oxygens (including phenoxy) is 1. The summed E-state index contributed by atoms with van der Waals surface area (Å²) >= 11 is 6.64. The van der Waals surface area contributed by atoms with Crippen molar-refractivity contribution in [2.75, 3.05) is 37.7 Å². The van der Waals surface area contributed by atoms with Crippen molar-refractivity contribution in [1.29, 1.82) is 0 Å². The molecule has 3 saturated heterocycles. The molecule has 0 saturated carbocycles. The number of piperazine rings is 1. The predicted molar refractivity (Wildman–Crippen MR) is 138 cm³/mol. The molecular formula is C25H30Cl2N6O2. The lowest BCUT2D eigenvalue weighted by atomic mass is 10.00. The molecule has 3 fully saturated rings. The van der Waals surface area contributed by atoms with Crippen LogP contribution in [-0.2, 0) is 16.1 Å². The van der Waals surface area contributed by atoms with Gasteiger partial charge in [0.25, 0.3) is 0 Å². The SMILES string of the molecule is Cc1nc(N2CCN3C(=O)CCC3C2)c2nc(-c3ccccc3Cl)n(CC3CCOCC3)c2n1.Cl. The number of anilines is 1. The average molecular weight is 517 g/mol. The zero-order valence-electron chi connectivity index (χ0n) is 19.8. The van der Waals surface area contributed by atoms with Crippen molar-refractivity contribution in [1.82, 2.24) is 24.4 Å². The number of hydrogen-bond acceptors (Lipinski definition) is 6. The van der Waals surface area contributed by atoms with Gasteiger partial charge in [-0.15, -0.1) is 12.4 Å². The van der Waals surface area contributed by atoms with Crippen LogP contribution in [0.5, 0.6) is 0 Å². The number of carbonyl (C=O) groups is 1. The van der Waals surface area contributed by atoms with Gasteiger partial charge in [-0.3, -0.25) is 4.79 Å². The molecule has 0 bridgehead atoms. The summed E-state index contributed by atoms with van der Waals surface area (Å²) in [5, 5.41) is 0.676. The molecule has 0 N–H and O–H groups in total. The molecule has 186 valence electrons. The Kier molecular flexibility index (Phi) is 6.88. The third kappa shape index (κ3) is 4.47. The van der Waals surface area contributed by atoms with Gasteiger partial charge in [0.15, 0.2) is 17.0 Å². The number of nitrogens with zero attached hydrogens (tertiary/aromatic N) is 6. The van der Waals surface area contributed by atoms with E-state index in [-0.39, 0.29) is 24.4 Å². The molecule has 1 atom stereocenters. The third-order valence-electron chi connectivity index (χ3n) is 7.38. The second kappa shape index (κ2) is 9.91. The van der Waals surface area contributed by atoms with Gasteiger partial charge in [-0.05, 0) is 44.2 Å². The predicted octanol–water partition coefficient (Wildman–Crippen LogP) is 4.11. The average Bonchev–Trinajstić information content (AvgIpc) is 3.40. The first-order chi connectivity index (χ1) is 16.6. The largest absolute Gasteiger partial charge is 0.381 e. The second-order valence-corrected chi connectivity index (χ2v) is 9.98. The fourth-order valence-electron chi connectivity index (χ4n) is 5.58. The summed E-state index contributed by atoms with van der Waals surface area (Å²) in [5.74, 6) is 3.20. The first kappa shape index (κ1) is 24.3. The molecule has 5 heterocycles. The Morgan fingerprint density at radius 2 is 1.89 bits per heavy atom. The fraction of sp³-hybridized carbons (Fsp3) is 0.520. The minimum absolute atomic E-state index is 0. The summed E-state index contributed by atoms with van der Waals surface area (Å²) in [7, 11) is 0. The lowest BCUT2D eigenvalue weighted by Gasteiger charge is -2.38. The number of aryl methyl sites for hydroxylation is 1. The molecule has 3 aliphatic heterocycles. The van der Waals surface area contributed by atoms with Crippen LogP contribution in [0.2, 0.25) is 5.02 Å². The highest BCUT2D eigenvalue weighted by molar-refractivity contribution is 6.33. The van der Waals surface area contributed by atoms with Gasteiger partial charge < -0.3 is 19.1 Å². The van der Waals surface area contributed by atoms with Crippen molar-refractivity contribution >= 4 is 46.9 Å². The summed E-state index contributed by atoms with van der Waals surface area (Å²) in [6, 6.07) is 8.11. The number of carbonyl (C=O) groups excluding carboxylic acids is 1. The molecule has 0 radical (unpaired) electrons. The molecular weight excluding hydrogens is 487 g/mol. The number of imidazole rings is 1. The molecule has 1 aromatic carbocycles. The minimum atomic E-state index is 0. The third-order valence-corrected chi connectivity index (χ3v) is 7.71. The quantitative estimate of drug-likeness (QED) is 0.519. The number of halogens is 2. The minimum Gasteiger partial charge on any atom is -0.381 e. The lowest BCUT2D eigenvalue weighted by molar-refractivity contribution is -0.129. The van der Waals surface area contributed by atoms with Crippen molar-refractivity contribution < 1.29 is 9.53 Å². The topological polar surface area (TPSA) is 76.4 Å². The normalized spacial score (nSPS) is 20.9. The Balaban J connectivity index is 0.00000253. The van der Waals surface area contributed by atoms with Crippen LogP contribution < -0.4 is 4.90 Å². The first-order valence-electron chi connectivity index (χ1n) is 12.2. The molecule has 2 aromatic heterocycles. The molecule has 3 aliphatic rings. The Morgan fingerprint density at radius 3 is 2.69 bits per heavy atom. The van der Waals surface area contributed by atoms with Gasteiger partial charge in [0.1, 0.15) is 11.6 Å². The Labute approximate surface area is 216 Å². The highest BCUT2D eigenvalue weighted by atomic mass is 35.5. The van der Waals surface area contributed by atoms with Gasteiger partial charge in [-0.2, -0.15) is 0 Å². The van der Waals surface area contributed by atoms with Gasteiger partial charge in [-0.25, -0.2) is 15.0 Å². The number of fused-ring (bicyclic) bond motifs is 2. The molecule has 1 amide bonds. The van der Waals surface area contributed by atoms with Crippen molar-refractivity contribution in [3.05, 3.63) is 35.1 Å². The smallest absolute Gasteiger partial charge is 0.223 e. The zero-order chi connectivity index (χ0) is 23.2. The molecule has 0 spiro atoms. The van der Waals surface area contributed by atoms with Crippen LogP contribution in [-0.4, -0.2) is 69.2 Å². The maximum atomic E-state index is 12.2. The molecule has 35 heavy (non-hydrogen) atoms. The van der Waals surface area contributed by atoms with E-state index in [4.69, 9.17) is 31.3 Å². The monoisotopic (exact) mass is 516 g/mol. The molecule has 3 aromatic rings. The van der Waals surface area contributed by atoms with Gasteiger partial charge >= 0.3 is 0 Å². The van der Waals surface area contributed by atoms with Crippen LogP contribution in [0.15, 0.2) is 24.3 Å². The van der Waals surface area contributed by atoms with Gasteiger partial charge in [0.05, 0.1) is 5.02 Å². The Bertz CT molecular complexity index is 1240. The van der Waals surface area contributed by atoms with E-state index in [0.29, 0.717) is 17.4 Å². The van der Waals surface area contributed by atoms with Crippen molar-refractivity contribution in [2.45, 2.75) is 45.2 Å². The maximum Gasteiger partial charge on any atom is 0.223 e. The summed E-state index contributed by atoms with van der Waals surface area (Å²) in [4.78, 5) is 31.4. The van der Waals surface area contributed by atoms with Crippen molar-refractivity contribution in [3.8, 4) is 11.4 Å². The van der Waals surface area contributed by atoms with E-state index in [1.807, 2.05) is 36.1 Å². The molecule has 6 rings (SSSR count). The number of hydrogen-bond donors (Lipinski definition) is 0. The van der Waals surface area contributed by atoms with E-state index < -0.39 is 0 Å². The summed E-state index contributed by atoms with van der Waals surface area (Å²) in [6.07, 6.45) is 3.60. The molecule has 10 heteroatoms. The van der Waals surface area contributed by atoms with Crippen LogP contribution in [0.25, 0.3) is 22.6 Å².